The van der Waals surface area contributed by atoms with Gasteiger partial charge in [-0.15, -0.1) is 0 Å². The molecule has 0 aromatic carbocycles. The van der Waals surface area contributed by atoms with E-state index in [1.54, 1.807) is 13.3 Å². The van der Waals surface area contributed by atoms with Crippen molar-refractivity contribution in [3.63, 3.8) is 0 Å². The summed E-state index contributed by atoms with van der Waals surface area (Å²) in [6.45, 7) is 2.73. The smallest absolute Gasteiger partial charge is 0.137 e. The van der Waals surface area contributed by atoms with Crippen molar-refractivity contribution in [3.8, 4) is 5.75 Å². The third-order valence-corrected chi connectivity index (χ3v) is 3.25. The molecule has 1 aromatic rings. The first kappa shape index (κ1) is 13.1. The summed E-state index contributed by atoms with van der Waals surface area (Å²) in [7, 11) is 1.63. The number of hydrogen-bond donors (Lipinski definition) is 2. The molecule has 2 heterocycles. The normalized spacial score (nSPS) is 18.9. The topological polar surface area (TPSA) is 57.6 Å². The Morgan fingerprint density at radius 2 is 2.44 bits per heavy atom. The van der Waals surface area contributed by atoms with E-state index in [0.717, 1.165) is 24.7 Å². The molecule has 5 heteroatoms. The Labute approximate surface area is 108 Å². The maximum absolute atomic E-state index is 9.16. The number of aliphatic hydroxyl groups is 1. The number of methoxy groups -OCH3 is 1. The highest BCUT2D eigenvalue weighted by Gasteiger charge is 2.18. The second-order valence-corrected chi connectivity index (χ2v) is 4.52. The molecule has 0 radical (unpaired) electrons. The van der Waals surface area contributed by atoms with Gasteiger partial charge in [0.25, 0.3) is 0 Å². The quantitative estimate of drug-likeness (QED) is 0.777. The first-order valence-electron chi connectivity index (χ1n) is 6.42. The average Bonchev–Trinajstić information content (AvgIpc) is 2.91. The van der Waals surface area contributed by atoms with E-state index in [0.29, 0.717) is 12.6 Å². The first-order valence-corrected chi connectivity index (χ1v) is 6.42. The molecule has 0 spiro atoms. The van der Waals surface area contributed by atoms with E-state index < -0.39 is 0 Å². The van der Waals surface area contributed by atoms with Crippen molar-refractivity contribution in [2.75, 3.05) is 38.3 Å². The standard InChI is InChI=1S/C13H21N3O2/c1-18-12-4-5-13(15-9-12)16(7-8-17)10-11-3-2-6-14-11/h4-5,9,11,14,17H,2-3,6-8,10H2,1H3. The summed E-state index contributed by atoms with van der Waals surface area (Å²) in [5.74, 6) is 1.64. The van der Waals surface area contributed by atoms with Crippen LogP contribution in [0.5, 0.6) is 5.75 Å². The van der Waals surface area contributed by atoms with E-state index in [1.807, 2.05) is 12.1 Å². The minimum Gasteiger partial charge on any atom is -0.495 e. The van der Waals surface area contributed by atoms with E-state index in [9.17, 15) is 0 Å². The fourth-order valence-electron chi connectivity index (χ4n) is 2.28. The van der Waals surface area contributed by atoms with Crippen LogP contribution in [0.25, 0.3) is 0 Å². The number of hydrogen-bond acceptors (Lipinski definition) is 5. The van der Waals surface area contributed by atoms with E-state index in [1.165, 1.54) is 12.8 Å². The summed E-state index contributed by atoms with van der Waals surface area (Å²) in [4.78, 5) is 6.49. The zero-order valence-corrected chi connectivity index (χ0v) is 10.8. The lowest BCUT2D eigenvalue weighted by Crippen LogP contribution is -2.39. The van der Waals surface area contributed by atoms with Gasteiger partial charge in [-0.2, -0.15) is 0 Å². The van der Waals surface area contributed by atoms with Gasteiger partial charge in [0.15, 0.2) is 0 Å². The van der Waals surface area contributed by atoms with Gasteiger partial charge in [0.2, 0.25) is 0 Å². The van der Waals surface area contributed by atoms with Crippen LogP contribution in [0.3, 0.4) is 0 Å². The summed E-state index contributed by atoms with van der Waals surface area (Å²) in [5, 5.41) is 12.6. The van der Waals surface area contributed by atoms with Crippen molar-refractivity contribution in [1.29, 1.82) is 0 Å². The Hall–Kier alpha value is -1.33. The molecular formula is C13H21N3O2. The van der Waals surface area contributed by atoms with E-state index >= 15 is 0 Å². The van der Waals surface area contributed by atoms with Crippen LogP contribution in [-0.2, 0) is 0 Å². The molecule has 1 atom stereocenters. The van der Waals surface area contributed by atoms with Crippen molar-refractivity contribution in [3.05, 3.63) is 18.3 Å². The Kier molecular flexibility index (Phi) is 4.78. The SMILES string of the molecule is COc1ccc(N(CCO)CC2CCCN2)nc1. The number of nitrogens with zero attached hydrogens (tertiary/aromatic N) is 2. The third-order valence-electron chi connectivity index (χ3n) is 3.25. The molecule has 100 valence electrons. The van der Waals surface area contributed by atoms with Crippen LogP contribution in [0.4, 0.5) is 5.82 Å². The third kappa shape index (κ3) is 3.34. The number of pyridine rings is 1. The predicted molar refractivity (Wildman–Crippen MR) is 71.1 cm³/mol. The lowest BCUT2D eigenvalue weighted by molar-refractivity contribution is 0.300. The maximum atomic E-state index is 9.16. The van der Waals surface area contributed by atoms with Gasteiger partial charge in [-0.1, -0.05) is 0 Å². The van der Waals surface area contributed by atoms with Gasteiger partial charge in [-0.3, -0.25) is 0 Å². The predicted octanol–water partition coefficient (Wildman–Crippen LogP) is 0.641. The Morgan fingerprint density at radius 1 is 1.56 bits per heavy atom. The van der Waals surface area contributed by atoms with Gasteiger partial charge in [-0.25, -0.2) is 4.98 Å². The monoisotopic (exact) mass is 251 g/mol. The summed E-state index contributed by atoms with van der Waals surface area (Å²) in [5.41, 5.74) is 0. The van der Waals surface area contributed by atoms with Gasteiger partial charge in [-0.05, 0) is 31.5 Å². The van der Waals surface area contributed by atoms with E-state index in [-0.39, 0.29) is 6.61 Å². The number of aliphatic hydroxyl groups excluding tert-OH is 1. The molecule has 1 aromatic heterocycles. The molecule has 0 aliphatic carbocycles. The average molecular weight is 251 g/mol. The zero-order valence-electron chi connectivity index (χ0n) is 10.8. The minimum absolute atomic E-state index is 0.139. The van der Waals surface area contributed by atoms with Crippen LogP contribution >= 0.6 is 0 Å². The summed E-state index contributed by atoms with van der Waals surface area (Å²) >= 11 is 0. The molecule has 18 heavy (non-hydrogen) atoms. The number of aromatic nitrogens is 1. The van der Waals surface area contributed by atoms with Crippen molar-refractivity contribution >= 4 is 5.82 Å². The molecule has 5 nitrogen and oxygen atoms in total. The second kappa shape index (κ2) is 6.56. The number of nitrogens with one attached hydrogen (secondary N) is 1. The van der Waals surface area contributed by atoms with Crippen molar-refractivity contribution in [1.82, 2.24) is 10.3 Å². The zero-order chi connectivity index (χ0) is 12.8. The summed E-state index contributed by atoms with van der Waals surface area (Å²) in [6, 6.07) is 4.33. The molecule has 2 N–H and O–H groups in total. The molecule has 1 saturated heterocycles. The van der Waals surface area contributed by atoms with Crippen molar-refractivity contribution in [2.45, 2.75) is 18.9 Å². The molecule has 1 aliphatic heterocycles. The highest BCUT2D eigenvalue weighted by molar-refractivity contribution is 5.41. The minimum atomic E-state index is 0.139. The Balaban J connectivity index is 2.02. The fourth-order valence-corrected chi connectivity index (χ4v) is 2.28. The number of rotatable bonds is 6. The molecule has 0 amide bonds. The molecule has 2 rings (SSSR count). The second-order valence-electron chi connectivity index (χ2n) is 4.52. The number of anilines is 1. The van der Waals surface area contributed by atoms with E-state index in [2.05, 4.69) is 15.2 Å². The van der Waals surface area contributed by atoms with Crippen LogP contribution in [0.2, 0.25) is 0 Å². The molecule has 1 unspecified atom stereocenters. The van der Waals surface area contributed by atoms with Gasteiger partial charge < -0.3 is 20.1 Å². The maximum Gasteiger partial charge on any atom is 0.137 e. The lowest BCUT2D eigenvalue weighted by Gasteiger charge is -2.26. The lowest BCUT2D eigenvalue weighted by atomic mass is 10.2. The van der Waals surface area contributed by atoms with Crippen LogP contribution in [0, 0.1) is 0 Å². The van der Waals surface area contributed by atoms with Crippen molar-refractivity contribution in [2.24, 2.45) is 0 Å². The van der Waals surface area contributed by atoms with Crippen LogP contribution < -0.4 is 15.0 Å². The molecular weight excluding hydrogens is 230 g/mol. The fraction of sp³-hybridized carbons (Fsp3) is 0.615. The first-order chi connectivity index (χ1) is 8.83. The summed E-state index contributed by atoms with van der Waals surface area (Å²) in [6.07, 6.45) is 4.13. The molecule has 0 bridgehead atoms. The van der Waals surface area contributed by atoms with Gasteiger partial charge in [0.1, 0.15) is 11.6 Å². The highest BCUT2D eigenvalue weighted by atomic mass is 16.5. The van der Waals surface area contributed by atoms with Gasteiger partial charge in [0.05, 0.1) is 19.9 Å². The Morgan fingerprint density at radius 3 is 3.00 bits per heavy atom. The number of ether oxygens (including phenoxy) is 1. The molecule has 1 aliphatic rings. The molecule has 1 fully saturated rings. The van der Waals surface area contributed by atoms with Crippen LogP contribution in [-0.4, -0.2) is 49.5 Å². The van der Waals surface area contributed by atoms with E-state index in [4.69, 9.17) is 9.84 Å². The van der Waals surface area contributed by atoms with Gasteiger partial charge >= 0.3 is 0 Å². The largest absolute Gasteiger partial charge is 0.495 e. The van der Waals surface area contributed by atoms with Crippen LogP contribution in [0.15, 0.2) is 18.3 Å². The van der Waals surface area contributed by atoms with Gasteiger partial charge in [0, 0.05) is 19.1 Å². The van der Waals surface area contributed by atoms with Crippen molar-refractivity contribution < 1.29 is 9.84 Å². The van der Waals surface area contributed by atoms with Crippen LogP contribution in [0.1, 0.15) is 12.8 Å². The summed E-state index contributed by atoms with van der Waals surface area (Å²) < 4.78 is 5.10. The molecule has 0 saturated carbocycles. The highest BCUT2D eigenvalue weighted by Crippen LogP contribution is 2.17. The Bertz CT molecular complexity index is 350.